The van der Waals surface area contributed by atoms with Crippen LogP contribution in [0.2, 0.25) is 0 Å². The lowest BCUT2D eigenvalue weighted by atomic mass is 9.97. The summed E-state index contributed by atoms with van der Waals surface area (Å²) in [4.78, 5) is 2.43. The molecule has 1 heterocycles. The van der Waals surface area contributed by atoms with Gasteiger partial charge in [0, 0.05) is 12.1 Å². The summed E-state index contributed by atoms with van der Waals surface area (Å²) in [6, 6.07) is 0. The second-order valence-electron chi connectivity index (χ2n) is 5.53. The van der Waals surface area contributed by atoms with Gasteiger partial charge in [0.05, 0.1) is 6.17 Å². The Bertz CT molecular complexity index is 227. The fraction of sp³-hybridized carbons (Fsp3) is 1.00. The van der Waals surface area contributed by atoms with Gasteiger partial charge in [-0.3, -0.25) is 4.90 Å². The first-order valence-corrected chi connectivity index (χ1v) is 6.53. The highest BCUT2D eigenvalue weighted by Gasteiger charge is 2.49. The Labute approximate surface area is 98.9 Å². The van der Waals surface area contributed by atoms with Gasteiger partial charge in [0.15, 0.2) is 0 Å². The van der Waals surface area contributed by atoms with Crippen LogP contribution in [0.15, 0.2) is 0 Å². The maximum atomic E-state index is 6.29. The molecule has 2 unspecified atom stereocenters. The van der Waals surface area contributed by atoms with Crippen LogP contribution in [0.4, 0.5) is 0 Å². The molecule has 0 aromatic rings. The van der Waals surface area contributed by atoms with E-state index in [0.717, 1.165) is 13.1 Å². The predicted octanol–water partition coefficient (Wildman–Crippen LogP) is -0.0454. The molecule has 0 radical (unpaired) electrons. The van der Waals surface area contributed by atoms with Crippen LogP contribution in [-0.2, 0) is 0 Å². The van der Waals surface area contributed by atoms with E-state index in [-0.39, 0.29) is 5.54 Å². The molecule has 0 aromatic heterocycles. The molecule has 2 atom stereocenters. The highest BCUT2D eigenvalue weighted by Crippen LogP contribution is 2.44. The normalized spacial score (nSPS) is 33.2. The van der Waals surface area contributed by atoms with Crippen molar-refractivity contribution in [2.75, 3.05) is 33.7 Å². The molecule has 0 amide bonds. The maximum absolute atomic E-state index is 6.29. The van der Waals surface area contributed by atoms with Crippen LogP contribution < -0.4 is 16.4 Å². The molecule has 1 aliphatic heterocycles. The summed E-state index contributed by atoms with van der Waals surface area (Å²) in [5, 5.41) is 6.80. The smallest absolute Gasteiger partial charge is 0.0598 e. The minimum absolute atomic E-state index is 0.190. The first-order valence-electron chi connectivity index (χ1n) is 6.53. The standard InChI is InChI=1S/C12H26N4/c1-14-6-3-7-15-11-8-10(9-16(11)2)12(13)4-5-12/h10-11,14-15H,3-9,13H2,1-2H3. The quantitative estimate of drug-likeness (QED) is 0.556. The summed E-state index contributed by atoms with van der Waals surface area (Å²) < 4.78 is 0. The van der Waals surface area contributed by atoms with Gasteiger partial charge in [-0.2, -0.15) is 0 Å². The van der Waals surface area contributed by atoms with Crippen molar-refractivity contribution in [1.29, 1.82) is 0 Å². The zero-order valence-electron chi connectivity index (χ0n) is 10.6. The number of rotatable bonds is 6. The summed E-state index contributed by atoms with van der Waals surface area (Å²) in [6.45, 7) is 3.36. The van der Waals surface area contributed by atoms with E-state index in [1.54, 1.807) is 0 Å². The molecule has 4 N–H and O–H groups in total. The van der Waals surface area contributed by atoms with Gasteiger partial charge in [0.2, 0.25) is 0 Å². The van der Waals surface area contributed by atoms with Gasteiger partial charge in [0.25, 0.3) is 0 Å². The molecule has 2 rings (SSSR count). The van der Waals surface area contributed by atoms with Gasteiger partial charge in [0.1, 0.15) is 0 Å². The van der Waals surface area contributed by atoms with Crippen molar-refractivity contribution in [1.82, 2.24) is 15.5 Å². The second-order valence-corrected chi connectivity index (χ2v) is 5.53. The average Bonchev–Trinajstić information content (AvgIpc) is 2.89. The van der Waals surface area contributed by atoms with E-state index in [4.69, 9.17) is 5.73 Å². The van der Waals surface area contributed by atoms with E-state index < -0.39 is 0 Å². The Morgan fingerprint density at radius 2 is 2.12 bits per heavy atom. The van der Waals surface area contributed by atoms with Gasteiger partial charge in [-0.1, -0.05) is 0 Å². The van der Waals surface area contributed by atoms with E-state index in [0.29, 0.717) is 12.1 Å². The van der Waals surface area contributed by atoms with Crippen molar-refractivity contribution >= 4 is 0 Å². The fourth-order valence-electron chi connectivity index (χ4n) is 2.74. The van der Waals surface area contributed by atoms with Crippen molar-refractivity contribution in [3.05, 3.63) is 0 Å². The Morgan fingerprint density at radius 3 is 2.75 bits per heavy atom. The molecule has 2 fully saturated rings. The number of nitrogens with two attached hydrogens (primary N) is 1. The van der Waals surface area contributed by atoms with E-state index >= 15 is 0 Å². The number of hydrogen-bond acceptors (Lipinski definition) is 4. The Morgan fingerprint density at radius 1 is 1.38 bits per heavy atom. The van der Waals surface area contributed by atoms with Crippen molar-refractivity contribution in [3.63, 3.8) is 0 Å². The topological polar surface area (TPSA) is 53.3 Å². The summed E-state index contributed by atoms with van der Waals surface area (Å²) >= 11 is 0. The van der Waals surface area contributed by atoms with Gasteiger partial charge < -0.3 is 16.4 Å². The lowest BCUT2D eigenvalue weighted by molar-refractivity contribution is 0.262. The summed E-state index contributed by atoms with van der Waals surface area (Å²) in [6.07, 6.45) is 5.43. The Balaban J connectivity index is 1.70. The van der Waals surface area contributed by atoms with Crippen LogP contribution in [-0.4, -0.2) is 50.3 Å². The molecule has 0 spiro atoms. The molecule has 0 aromatic carbocycles. The van der Waals surface area contributed by atoms with Crippen LogP contribution >= 0.6 is 0 Å². The first kappa shape index (κ1) is 12.3. The molecule has 4 heteroatoms. The van der Waals surface area contributed by atoms with Crippen LogP contribution in [0.3, 0.4) is 0 Å². The van der Waals surface area contributed by atoms with Crippen LogP contribution in [0, 0.1) is 5.92 Å². The predicted molar refractivity (Wildman–Crippen MR) is 67.2 cm³/mol. The number of nitrogens with one attached hydrogen (secondary N) is 2. The third-order valence-electron chi connectivity index (χ3n) is 4.17. The molecule has 1 saturated heterocycles. The van der Waals surface area contributed by atoms with E-state index in [9.17, 15) is 0 Å². The third-order valence-corrected chi connectivity index (χ3v) is 4.17. The van der Waals surface area contributed by atoms with E-state index in [2.05, 4.69) is 22.6 Å². The van der Waals surface area contributed by atoms with Gasteiger partial charge in [-0.15, -0.1) is 0 Å². The zero-order chi connectivity index (χ0) is 11.6. The molecule has 0 bridgehead atoms. The van der Waals surface area contributed by atoms with Gasteiger partial charge in [-0.25, -0.2) is 0 Å². The minimum Gasteiger partial charge on any atom is -0.325 e. The van der Waals surface area contributed by atoms with Gasteiger partial charge >= 0.3 is 0 Å². The molecule has 94 valence electrons. The number of nitrogens with zero attached hydrogens (tertiary/aromatic N) is 1. The van der Waals surface area contributed by atoms with Crippen LogP contribution in [0.5, 0.6) is 0 Å². The SMILES string of the molecule is CNCCCNC1CC(C2(N)CC2)CN1C. The molecule has 16 heavy (non-hydrogen) atoms. The molecular formula is C12H26N4. The highest BCUT2D eigenvalue weighted by atomic mass is 15.3. The van der Waals surface area contributed by atoms with Crippen molar-refractivity contribution < 1.29 is 0 Å². The maximum Gasteiger partial charge on any atom is 0.0598 e. The monoisotopic (exact) mass is 226 g/mol. The van der Waals surface area contributed by atoms with Crippen molar-refractivity contribution in [2.24, 2.45) is 11.7 Å². The molecule has 2 aliphatic rings. The second kappa shape index (κ2) is 5.00. The lowest BCUT2D eigenvalue weighted by Gasteiger charge is -2.20. The zero-order valence-corrected chi connectivity index (χ0v) is 10.6. The minimum atomic E-state index is 0.190. The largest absolute Gasteiger partial charge is 0.325 e. The van der Waals surface area contributed by atoms with Crippen LogP contribution in [0.1, 0.15) is 25.7 Å². The van der Waals surface area contributed by atoms with Crippen LogP contribution in [0.25, 0.3) is 0 Å². The van der Waals surface area contributed by atoms with E-state index in [1.807, 2.05) is 7.05 Å². The van der Waals surface area contributed by atoms with Crippen molar-refractivity contribution in [3.8, 4) is 0 Å². The average molecular weight is 226 g/mol. The first-order chi connectivity index (χ1) is 7.65. The summed E-state index contributed by atoms with van der Waals surface area (Å²) in [7, 11) is 4.21. The van der Waals surface area contributed by atoms with Crippen molar-refractivity contribution in [2.45, 2.75) is 37.4 Å². The summed E-state index contributed by atoms with van der Waals surface area (Å²) in [5.41, 5.74) is 6.48. The Hall–Kier alpha value is -0.160. The molecule has 4 nitrogen and oxygen atoms in total. The number of likely N-dealkylation sites (tertiary alicyclic amines) is 1. The molecular weight excluding hydrogens is 200 g/mol. The number of hydrogen-bond donors (Lipinski definition) is 3. The molecule has 1 aliphatic carbocycles. The molecule has 1 saturated carbocycles. The fourth-order valence-corrected chi connectivity index (χ4v) is 2.74. The Kier molecular flexibility index (Phi) is 3.85. The lowest BCUT2D eigenvalue weighted by Crippen LogP contribution is -2.39. The summed E-state index contributed by atoms with van der Waals surface area (Å²) in [5.74, 6) is 0.708. The third kappa shape index (κ3) is 2.74. The highest BCUT2D eigenvalue weighted by molar-refractivity contribution is 5.07. The van der Waals surface area contributed by atoms with Gasteiger partial charge in [-0.05, 0) is 58.8 Å². The van der Waals surface area contributed by atoms with E-state index in [1.165, 1.54) is 32.2 Å².